The summed E-state index contributed by atoms with van der Waals surface area (Å²) in [5.74, 6) is 0.157. The molecular formula is C8H18N4O2S. The Balaban J connectivity index is 2.33. The fourth-order valence-electron chi connectivity index (χ4n) is 1.75. The van der Waals surface area contributed by atoms with E-state index in [0.29, 0.717) is 6.54 Å². The van der Waals surface area contributed by atoms with Crippen LogP contribution in [0.15, 0.2) is 0 Å². The lowest BCUT2D eigenvalue weighted by Gasteiger charge is -2.31. The number of hydrogen-bond donors (Lipinski definition) is 3. The van der Waals surface area contributed by atoms with E-state index in [4.69, 9.17) is 11.1 Å². The van der Waals surface area contributed by atoms with Crippen molar-refractivity contribution in [3.8, 4) is 0 Å². The lowest BCUT2D eigenvalue weighted by atomic mass is 10.1. The minimum absolute atomic E-state index is 0.0307. The number of hydrogen-bond acceptors (Lipinski definition) is 4. The van der Waals surface area contributed by atoms with Crippen LogP contribution in [0.2, 0.25) is 0 Å². The minimum Gasteiger partial charge on any atom is -0.387 e. The molecule has 1 rings (SSSR count). The van der Waals surface area contributed by atoms with Crippen LogP contribution in [0.3, 0.4) is 0 Å². The second-order valence-corrected chi connectivity index (χ2v) is 5.75. The summed E-state index contributed by atoms with van der Waals surface area (Å²) >= 11 is 0. The molecule has 1 saturated heterocycles. The van der Waals surface area contributed by atoms with Crippen LogP contribution in [-0.2, 0) is 10.0 Å². The summed E-state index contributed by atoms with van der Waals surface area (Å²) in [6.07, 6.45) is 2.73. The van der Waals surface area contributed by atoms with Gasteiger partial charge < -0.3 is 5.73 Å². The van der Waals surface area contributed by atoms with Crippen LogP contribution < -0.4 is 10.5 Å². The summed E-state index contributed by atoms with van der Waals surface area (Å²) in [6, 6.07) is 0.0307. The van der Waals surface area contributed by atoms with Crippen molar-refractivity contribution in [2.24, 2.45) is 5.73 Å². The summed E-state index contributed by atoms with van der Waals surface area (Å²) in [7, 11) is -3.10. The van der Waals surface area contributed by atoms with Crippen molar-refractivity contribution in [1.82, 2.24) is 9.62 Å². The molecule has 4 N–H and O–H groups in total. The number of likely N-dealkylation sites (tertiary alicyclic amines) is 1. The van der Waals surface area contributed by atoms with E-state index in [2.05, 4.69) is 9.62 Å². The Morgan fingerprint density at radius 2 is 2.07 bits per heavy atom. The number of rotatable bonds is 4. The first kappa shape index (κ1) is 12.4. The molecule has 0 amide bonds. The van der Waals surface area contributed by atoms with Gasteiger partial charge in [-0.25, -0.2) is 13.1 Å². The van der Waals surface area contributed by atoms with Gasteiger partial charge in [0, 0.05) is 19.1 Å². The highest BCUT2D eigenvalue weighted by Crippen LogP contribution is 2.10. The predicted molar refractivity (Wildman–Crippen MR) is 59.4 cm³/mol. The van der Waals surface area contributed by atoms with Gasteiger partial charge in [0.05, 0.1) is 12.8 Å². The van der Waals surface area contributed by atoms with Crippen molar-refractivity contribution in [2.75, 3.05) is 25.9 Å². The second-order valence-electron chi connectivity index (χ2n) is 3.97. The number of piperidine rings is 1. The van der Waals surface area contributed by atoms with Gasteiger partial charge in [-0.1, -0.05) is 0 Å². The standard InChI is InChI=1S/C8H18N4O2S/c1-15(13,14)11-7-2-4-12(5-3-7)6-8(9)10/h7,11H,2-6H2,1H3,(H3,9,10). The van der Waals surface area contributed by atoms with E-state index in [1.807, 2.05) is 0 Å². The number of nitrogens with two attached hydrogens (primary N) is 1. The molecule has 0 aromatic carbocycles. The van der Waals surface area contributed by atoms with E-state index in [-0.39, 0.29) is 11.9 Å². The van der Waals surface area contributed by atoms with Crippen molar-refractivity contribution in [3.05, 3.63) is 0 Å². The highest BCUT2D eigenvalue weighted by Gasteiger charge is 2.21. The van der Waals surface area contributed by atoms with Crippen LogP contribution >= 0.6 is 0 Å². The molecule has 1 heterocycles. The molecule has 7 heteroatoms. The van der Waals surface area contributed by atoms with Gasteiger partial charge in [-0.15, -0.1) is 0 Å². The summed E-state index contributed by atoms with van der Waals surface area (Å²) < 4.78 is 24.6. The Labute approximate surface area is 90.4 Å². The monoisotopic (exact) mass is 234 g/mol. The fourth-order valence-corrected chi connectivity index (χ4v) is 2.59. The van der Waals surface area contributed by atoms with Gasteiger partial charge in [-0.05, 0) is 12.8 Å². The number of sulfonamides is 1. The number of amidine groups is 1. The van der Waals surface area contributed by atoms with Crippen molar-refractivity contribution in [3.63, 3.8) is 0 Å². The molecule has 1 aliphatic rings. The molecule has 0 bridgehead atoms. The van der Waals surface area contributed by atoms with Gasteiger partial charge in [0.25, 0.3) is 0 Å². The maximum absolute atomic E-state index is 11.0. The molecular weight excluding hydrogens is 216 g/mol. The van der Waals surface area contributed by atoms with Gasteiger partial charge in [0.15, 0.2) is 0 Å². The van der Waals surface area contributed by atoms with Gasteiger partial charge >= 0.3 is 0 Å². The van der Waals surface area contributed by atoms with Crippen molar-refractivity contribution < 1.29 is 8.42 Å². The molecule has 0 atom stereocenters. The zero-order chi connectivity index (χ0) is 11.5. The first-order valence-electron chi connectivity index (χ1n) is 4.89. The Morgan fingerprint density at radius 3 is 2.47 bits per heavy atom. The largest absolute Gasteiger partial charge is 0.387 e. The average molecular weight is 234 g/mol. The van der Waals surface area contributed by atoms with Crippen LogP contribution in [0.5, 0.6) is 0 Å². The molecule has 88 valence electrons. The summed E-state index contributed by atoms with van der Waals surface area (Å²) in [5, 5.41) is 7.15. The van der Waals surface area contributed by atoms with Crippen LogP contribution in [0.25, 0.3) is 0 Å². The third-order valence-corrected chi connectivity index (χ3v) is 3.12. The quantitative estimate of drug-likeness (QED) is 0.426. The van der Waals surface area contributed by atoms with Crippen LogP contribution in [0.4, 0.5) is 0 Å². The molecule has 0 unspecified atom stereocenters. The second kappa shape index (κ2) is 4.91. The third-order valence-electron chi connectivity index (χ3n) is 2.36. The van der Waals surface area contributed by atoms with E-state index < -0.39 is 10.0 Å². The van der Waals surface area contributed by atoms with Crippen molar-refractivity contribution >= 4 is 15.9 Å². The first-order valence-corrected chi connectivity index (χ1v) is 6.78. The third kappa shape index (κ3) is 5.10. The van der Waals surface area contributed by atoms with E-state index in [1.54, 1.807) is 0 Å². The average Bonchev–Trinajstić information content (AvgIpc) is 2.05. The lowest BCUT2D eigenvalue weighted by molar-refractivity contribution is 0.232. The summed E-state index contributed by atoms with van der Waals surface area (Å²) in [6.45, 7) is 2.05. The molecule has 0 spiro atoms. The SMILES string of the molecule is CS(=O)(=O)NC1CCN(CC(=N)N)CC1. The molecule has 0 saturated carbocycles. The summed E-state index contributed by atoms with van der Waals surface area (Å²) in [4.78, 5) is 2.06. The van der Waals surface area contributed by atoms with E-state index >= 15 is 0 Å². The predicted octanol–water partition coefficient (Wildman–Crippen LogP) is -1.06. The molecule has 0 aromatic heterocycles. The number of nitrogens with zero attached hydrogens (tertiary/aromatic N) is 1. The minimum atomic E-state index is -3.10. The van der Waals surface area contributed by atoms with Crippen LogP contribution in [0.1, 0.15) is 12.8 Å². The molecule has 1 aliphatic heterocycles. The lowest BCUT2D eigenvalue weighted by Crippen LogP contribution is -2.46. The molecule has 0 radical (unpaired) electrons. The van der Waals surface area contributed by atoms with Crippen LogP contribution in [-0.4, -0.2) is 51.1 Å². The van der Waals surface area contributed by atoms with Crippen LogP contribution in [0, 0.1) is 5.41 Å². The smallest absolute Gasteiger partial charge is 0.208 e. The van der Waals surface area contributed by atoms with Crippen molar-refractivity contribution in [2.45, 2.75) is 18.9 Å². The van der Waals surface area contributed by atoms with Gasteiger partial charge in [0.1, 0.15) is 5.84 Å². The molecule has 6 nitrogen and oxygen atoms in total. The number of nitrogens with one attached hydrogen (secondary N) is 2. The van der Waals surface area contributed by atoms with Crippen molar-refractivity contribution in [1.29, 1.82) is 5.41 Å². The van der Waals surface area contributed by atoms with E-state index in [0.717, 1.165) is 25.9 Å². The molecule has 0 aliphatic carbocycles. The Morgan fingerprint density at radius 1 is 1.53 bits per heavy atom. The maximum atomic E-state index is 11.0. The molecule has 0 aromatic rings. The highest BCUT2D eigenvalue weighted by atomic mass is 32.2. The van der Waals surface area contributed by atoms with E-state index in [9.17, 15) is 8.42 Å². The van der Waals surface area contributed by atoms with Gasteiger partial charge in [0.2, 0.25) is 10.0 Å². The fraction of sp³-hybridized carbons (Fsp3) is 0.875. The van der Waals surface area contributed by atoms with Gasteiger partial charge in [-0.2, -0.15) is 0 Å². The summed E-state index contributed by atoms with van der Waals surface area (Å²) in [5.41, 5.74) is 5.29. The maximum Gasteiger partial charge on any atom is 0.208 e. The van der Waals surface area contributed by atoms with E-state index in [1.165, 1.54) is 6.26 Å². The normalized spacial score (nSPS) is 20.3. The van der Waals surface area contributed by atoms with Gasteiger partial charge in [-0.3, -0.25) is 10.3 Å². The zero-order valence-corrected chi connectivity index (χ0v) is 9.68. The zero-order valence-electron chi connectivity index (χ0n) is 8.86. The molecule has 15 heavy (non-hydrogen) atoms. The molecule has 1 fully saturated rings. The Bertz CT molecular complexity index is 320. The Hall–Kier alpha value is -0.660. The first-order chi connectivity index (χ1) is 6.87. The topological polar surface area (TPSA) is 99.3 Å². The Kier molecular flexibility index (Phi) is 4.06. The highest BCUT2D eigenvalue weighted by molar-refractivity contribution is 7.88.